The molecule has 4 rings (SSSR count). The number of likely N-dealkylation sites (tertiary alicyclic amines) is 1. The van der Waals surface area contributed by atoms with E-state index in [1.54, 1.807) is 55.2 Å². The van der Waals surface area contributed by atoms with Crippen molar-refractivity contribution >= 4 is 17.5 Å². The highest BCUT2D eigenvalue weighted by molar-refractivity contribution is 5.91. The van der Waals surface area contributed by atoms with Crippen molar-refractivity contribution in [3.8, 4) is 23.1 Å². The zero-order chi connectivity index (χ0) is 21.3. The van der Waals surface area contributed by atoms with Gasteiger partial charge in [0.05, 0.1) is 6.61 Å². The molecule has 2 aromatic heterocycles. The zero-order valence-electron chi connectivity index (χ0n) is 16.6. The quantitative estimate of drug-likeness (QED) is 0.525. The van der Waals surface area contributed by atoms with E-state index in [1.165, 1.54) is 4.90 Å². The monoisotopic (exact) mass is 404 g/mol. The number of ether oxygens (including phenoxy) is 1. The molecule has 0 spiro atoms. The number of likely N-dealkylation sites (N-methyl/N-ethyl adjacent to an activating group) is 1. The Kier molecular flexibility index (Phi) is 4.98. The lowest BCUT2D eigenvalue weighted by molar-refractivity contribution is -0.137. The van der Waals surface area contributed by atoms with Gasteiger partial charge in [-0.1, -0.05) is 24.0 Å². The number of aromatic nitrogens is 3. The number of carbonyl (C=O) groups excluding carboxylic acids is 2. The maximum absolute atomic E-state index is 12.2. The van der Waals surface area contributed by atoms with Crippen molar-refractivity contribution in [3.63, 3.8) is 0 Å². The largest absolute Gasteiger partial charge is 0.461 e. The minimum Gasteiger partial charge on any atom is -0.461 e. The number of aliphatic hydroxyl groups is 1. The molecular weight excluding hydrogens is 384 g/mol. The van der Waals surface area contributed by atoms with Crippen molar-refractivity contribution in [1.29, 1.82) is 0 Å². The van der Waals surface area contributed by atoms with Crippen molar-refractivity contribution in [2.45, 2.75) is 18.9 Å². The average Bonchev–Trinajstić information content (AvgIpc) is 3.33. The van der Waals surface area contributed by atoms with Gasteiger partial charge in [0.25, 0.3) is 5.91 Å². The molecule has 1 aliphatic rings. The van der Waals surface area contributed by atoms with Crippen molar-refractivity contribution in [1.82, 2.24) is 19.3 Å². The average molecular weight is 404 g/mol. The summed E-state index contributed by atoms with van der Waals surface area (Å²) in [5.74, 6) is 4.69. The van der Waals surface area contributed by atoms with Crippen LogP contribution in [0.25, 0.3) is 16.9 Å². The van der Waals surface area contributed by atoms with Crippen LogP contribution < -0.4 is 0 Å². The summed E-state index contributed by atoms with van der Waals surface area (Å²) in [5.41, 5.74) is 0.900. The lowest BCUT2D eigenvalue weighted by Crippen LogP contribution is -2.37. The maximum Gasteiger partial charge on any atom is 0.358 e. The van der Waals surface area contributed by atoms with Crippen LogP contribution in [0.1, 0.15) is 29.4 Å². The van der Waals surface area contributed by atoms with Gasteiger partial charge in [0, 0.05) is 49.7 Å². The number of benzene rings is 1. The Labute approximate surface area is 173 Å². The molecule has 0 saturated carbocycles. The van der Waals surface area contributed by atoms with Crippen molar-refractivity contribution in [3.05, 3.63) is 54.1 Å². The topological polar surface area (TPSA) is 97.0 Å². The van der Waals surface area contributed by atoms with Crippen molar-refractivity contribution in [2.24, 2.45) is 0 Å². The third-order valence-corrected chi connectivity index (χ3v) is 4.92. The summed E-state index contributed by atoms with van der Waals surface area (Å²) in [4.78, 5) is 34.6. The van der Waals surface area contributed by atoms with Crippen LogP contribution in [-0.2, 0) is 9.53 Å². The first-order valence-electron chi connectivity index (χ1n) is 9.53. The van der Waals surface area contributed by atoms with Gasteiger partial charge >= 0.3 is 5.97 Å². The van der Waals surface area contributed by atoms with Crippen LogP contribution in [0, 0.1) is 11.8 Å². The van der Waals surface area contributed by atoms with Crippen molar-refractivity contribution in [2.75, 3.05) is 20.2 Å². The molecule has 3 heterocycles. The number of esters is 1. The highest BCUT2D eigenvalue weighted by Crippen LogP contribution is 2.24. The Bertz CT molecular complexity index is 1210. The number of nitrogens with zero attached hydrogens (tertiary/aromatic N) is 4. The highest BCUT2D eigenvalue weighted by Gasteiger charge is 2.42. The second-order valence-electron chi connectivity index (χ2n) is 7.02. The van der Waals surface area contributed by atoms with E-state index in [2.05, 4.69) is 21.8 Å². The lowest BCUT2D eigenvalue weighted by atomic mass is 10.0. The number of fused-ring (bicyclic) bond motifs is 1. The van der Waals surface area contributed by atoms with Gasteiger partial charge < -0.3 is 19.1 Å². The van der Waals surface area contributed by atoms with Crippen LogP contribution in [0.15, 0.2) is 42.9 Å². The molecule has 1 aliphatic heterocycles. The highest BCUT2D eigenvalue weighted by atomic mass is 16.5. The van der Waals surface area contributed by atoms with E-state index in [9.17, 15) is 14.7 Å². The second kappa shape index (κ2) is 7.61. The lowest BCUT2D eigenvalue weighted by Gasteiger charge is -2.13. The summed E-state index contributed by atoms with van der Waals surface area (Å²) < 4.78 is 6.78. The summed E-state index contributed by atoms with van der Waals surface area (Å²) in [7, 11) is 1.64. The van der Waals surface area contributed by atoms with Gasteiger partial charge in [0.15, 0.2) is 11.3 Å². The molecule has 1 saturated heterocycles. The molecule has 1 fully saturated rings. The fourth-order valence-corrected chi connectivity index (χ4v) is 3.32. The van der Waals surface area contributed by atoms with Gasteiger partial charge in [-0.25, -0.2) is 14.8 Å². The number of amides is 1. The minimum atomic E-state index is -1.66. The van der Waals surface area contributed by atoms with Crippen LogP contribution in [-0.4, -0.2) is 62.1 Å². The number of imidazole rings is 1. The first-order valence-corrected chi connectivity index (χ1v) is 9.53. The predicted molar refractivity (Wildman–Crippen MR) is 108 cm³/mol. The van der Waals surface area contributed by atoms with E-state index in [-0.39, 0.29) is 18.7 Å². The molecule has 0 aliphatic carbocycles. The summed E-state index contributed by atoms with van der Waals surface area (Å²) >= 11 is 0. The Morgan fingerprint density at radius 1 is 1.40 bits per heavy atom. The van der Waals surface area contributed by atoms with E-state index >= 15 is 0 Å². The van der Waals surface area contributed by atoms with Gasteiger partial charge in [-0.05, 0) is 19.1 Å². The number of carbonyl (C=O) groups is 2. The van der Waals surface area contributed by atoms with Gasteiger partial charge in [-0.3, -0.25) is 4.79 Å². The van der Waals surface area contributed by atoms with Crippen LogP contribution in [0.2, 0.25) is 0 Å². The fourth-order valence-electron chi connectivity index (χ4n) is 3.32. The summed E-state index contributed by atoms with van der Waals surface area (Å²) in [6, 6.07) is 7.19. The molecule has 1 aromatic carbocycles. The Morgan fingerprint density at radius 3 is 2.97 bits per heavy atom. The molecule has 0 radical (unpaired) electrons. The normalized spacial score (nSPS) is 18.4. The van der Waals surface area contributed by atoms with E-state index in [4.69, 9.17) is 4.74 Å². The third kappa shape index (κ3) is 3.51. The number of hydrogen-bond donors (Lipinski definition) is 1. The van der Waals surface area contributed by atoms with Gasteiger partial charge in [0.1, 0.15) is 5.69 Å². The molecule has 30 heavy (non-hydrogen) atoms. The van der Waals surface area contributed by atoms with E-state index in [1.807, 2.05) is 6.07 Å². The first kappa shape index (κ1) is 19.6. The Morgan fingerprint density at radius 2 is 2.23 bits per heavy atom. The molecule has 152 valence electrons. The molecule has 1 N–H and O–H groups in total. The number of hydrogen-bond acceptors (Lipinski definition) is 6. The minimum absolute atomic E-state index is 0.169. The number of rotatable bonds is 3. The SMILES string of the molecule is CCOC(=O)c1cn2ccnc2c(-c2cccc(C#C[C@]3(O)CCN(C)C3=O)c2)n1. The van der Waals surface area contributed by atoms with Crippen LogP contribution >= 0.6 is 0 Å². The fraction of sp³-hybridized carbons (Fsp3) is 0.273. The molecule has 1 amide bonds. The van der Waals surface area contributed by atoms with Crippen molar-refractivity contribution < 1.29 is 19.4 Å². The first-order chi connectivity index (χ1) is 14.4. The smallest absolute Gasteiger partial charge is 0.358 e. The predicted octanol–water partition coefficient (Wildman–Crippen LogP) is 1.52. The van der Waals surface area contributed by atoms with Gasteiger partial charge in [-0.2, -0.15) is 0 Å². The van der Waals surface area contributed by atoms with E-state index in [0.717, 1.165) is 0 Å². The van der Waals surface area contributed by atoms with E-state index < -0.39 is 17.5 Å². The maximum atomic E-state index is 12.2. The van der Waals surface area contributed by atoms with Crippen LogP contribution in [0.3, 0.4) is 0 Å². The molecule has 8 heteroatoms. The molecular formula is C22H20N4O4. The molecule has 3 aromatic rings. The van der Waals surface area contributed by atoms with Crippen LogP contribution in [0.4, 0.5) is 0 Å². The Hall–Kier alpha value is -3.70. The molecule has 0 unspecified atom stereocenters. The standard InChI is InChI=1S/C22H20N4O4/c1-3-30-20(27)17-14-26-12-10-23-19(26)18(24-17)16-6-4-5-15(13-16)7-8-22(29)9-11-25(2)21(22)28/h4-6,10,12-14,29H,3,9,11H2,1-2H3/t22-/m0/s1. The Balaban J connectivity index is 1.74. The molecule has 1 atom stereocenters. The third-order valence-electron chi connectivity index (χ3n) is 4.92. The van der Waals surface area contributed by atoms with Gasteiger partial charge in [0.2, 0.25) is 5.60 Å². The van der Waals surface area contributed by atoms with E-state index in [0.29, 0.717) is 29.0 Å². The zero-order valence-corrected chi connectivity index (χ0v) is 16.6. The summed E-state index contributed by atoms with van der Waals surface area (Å²) in [6.07, 6.45) is 5.19. The van der Waals surface area contributed by atoms with Crippen LogP contribution in [0.5, 0.6) is 0 Å². The molecule has 8 nitrogen and oxygen atoms in total. The summed E-state index contributed by atoms with van der Waals surface area (Å²) in [6.45, 7) is 2.45. The summed E-state index contributed by atoms with van der Waals surface area (Å²) in [5, 5.41) is 10.5. The second-order valence-corrected chi connectivity index (χ2v) is 7.02. The molecule has 0 bridgehead atoms. The van der Waals surface area contributed by atoms with Gasteiger partial charge in [-0.15, -0.1) is 0 Å².